The monoisotopic (exact) mass is 345 g/mol. The largest absolute Gasteiger partial charge is 0.477 e. The van der Waals surface area contributed by atoms with Crippen LogP contribution in [-0.2, 0) is 22.4 Å². The Bertz CT molecular complexity index is 953. The molecule has 0 radical (unpaired) electrons. The Hall–Kier alpha value is -2.06. The zero-order valence-electron chi connectivity index (χ0n) is 11.9. The molecule has 1 atom stereocenters. The Morgan fingerprint density at radius 1 is 1.43 bits per heavy atom. The van der Waals surface area contributed by atoms with Gasteiger partial charge < -0.3 is 5.11 Å². The van der Waals surface area contributed by atoms with Crippen molar-refractivity contribution in [1.29, 1.82) is 0 Å². The summed E-state index contributed by atoms with van der Waals surface area (Å²) in [6.45, 7) is 0. The molecule has 2 aliphatic heterocycles. The molecular formula is C15H11N3O3S2. The minimum absolute atomic E-state index is 0.0703. The summed E-state index contributed by atoms with van der Waals surface area (Å²) in [5.74, 6) is -1.28. The number of carbonyl (C=O) groups is 2. The molecule has 1 fully saturated rings. The van der Waals surface area contributed by atoms with E-state index in [1.807, 2.05) is 16.8 Å². The molecule has 1 saturated heterocycles. The SMILES string of the molecule is O=C(O)C1=CSC2/C(=C\c3cn4nc5c(c4s3)CCC5)C(=O)N12. The number of aromatic nitrogens is 2. The van der Waals surface area contributed by atoms with Gasteiger partial charge in [-0.25, -0.2) is 9.31 Å². The summed E-state index contributed by atoms with van der Waals surface area (Å²) in [5.41, 5.74) is 3.26. The summed E-state index contributed by atoms with van der Waals surface area (Å²) in [5, 5.41) is 15.0. The molecule has 5 rings (SSSR count). The molecule has 116 valence electrons. The lowest BCUT2D eigenvalue weighted by Crippen LogP contribution is -2.51. The van der Waals surface area contributed by atoms with Gasteiger partial charge in [0.1, 0.15) is 15.9 Å². The highest BCUT2D eigenvalue weighted by Gasteiger charge is 2.49. The smallest absolute Gasteiger partial charge is 0.353 e. The van der Waals surface area contributed by atoms with Crippen LogP contribution >= 0.6 is 23.1 Å². The molecule has 2 aromatic heterocycles. The molecule has 1 amide bonds. The van der Waals surface area contributed by atoms with Gasteiger partial charge in [-0.05, 0) is 25.3 Å². The minimum atomic E-state index is -1.06. The minimum Gasteiger partial charge on any atom is -0.477 e. The summed E-state index contributed by atoms with van der Waals surface area (Å²) < 4.78 is 1.91. The first kappa shape index (κ1) is 13.4. The van der Waals surface area contributed by atoms with Gasteiger partial charge in [0.25, 0.3) is 5.91 Å². The van der Waals surface area contributed by atoms with Crippen LogP contribution < -0.4 is 0 Å². The fourth-order valence-corrected chi connectivity index (χ4v) is 5.53. The van der Waals surface area contributed by atoms with Crippen molar-refractivity contribution >= 4 is 45.9 Å². The fraction of sp³-hybridized carbons (Fsp3) is 0.267. The Balaban J connectivity index is 1.48. The summed E-state index contributed by atoms with van der Waals surface area (Å²) >= 11 is 3.01. The van der Waals surface area contributed by atoms with Crippen molar-refractivity contribution in [3.8, 4) is 0 Å². The topological polar surface area (TPSA) is 74.9 Å². The molecule has 4 heterocycles. The molecule has 3 aliphatic rings. The number of hydrogen-bond donors (Lipinski definition) is 1. The van der Waals surface area contributed by atoms with E-state index < -0.39 is 5.97 Å². The van der Waals surface area contributed by atoms with Crippen LogP contribution in [0.15, 0.2) is 22.9 Å². The zero-order chi connectivity index (χ0) is 15.7. The van der Waals surface area contributed by atoms with E-state index in [0.29, 0.717) is 5.57 Å². The Morgan fingerprint density at radius 2 is 2.30 bits per heavy atom. The van der Waals surface area contributed by atoms with Crippen LogP contribution in [0.4, 0.5) is 0 Å². The number of hydrogen-bond acceptors (Lipinski definition) is 5. The van der Waals surface area contributed by atoms with Crippen molar-refractivity contribution in [2.45, 2.75) is 24.6 Å². The molecule has 23 heavy (non-hydrogen) atoms. The number of β-lactam (4-membered cyclic amide) rings is 1. The summed E-state index contributed by atoms with van der Waals surface area (Å²) in [4.78, 5) is 26.8. The third-order valence-corrected chi connectivity index (χ3v) is 6.57. The van der Waals surface area contributed by atoms with Gasteiger partial charge in [-0.2, -0.15) is 5.10 Å². The number of thioether (sulfide) groups is 1. The Morgan fingerprint density at radius 3 is 3.13 bits per heavy atom. The first-order chi connectivity index (χ1) is 11.1. The number of aryl methyl sites for hydroxylation is 2. The third-order valence-electron chi connectivity index (χ3n) is 4.40. The number of nitrogens with zero attached hydrogens (tertiary/aromatic N) is 3. The van der Waals surface area contributed by atoms with Crippen molar-refractivity contribution in [1.82, 2.24) is 14.5 Å². The number of fused-ring (bicyclic) bond motifs is 4. The van der Waals surface area contributed by atoms with Crippen LogP contribution in [0.2, 0.25) is 0 Å². The molecule has 6 nitrogen and oxygen atoms in total. The summed E-state index contributed by atoms with van der Waals surface area (Å²) in [6.07, 6.45) is 7.11. The quantitative estimate of drug-likeness (QED) is 0.666. The molecule has 8 heteroatoms. The standard InChI is InChI=1S/C15H11N3O3S2/c19-12-9(14-18(12)11(6-22-14)15(20)21)4-7-5-17-13(23-7)8-2-1-3-10(8)16-17/h4-6,14H,1-3H2,(H,20,21)/b9-4-. The van der Waals surface area contributed by atoms with Crippen LogP contribution in [0.5, 0.6) is 0 Å². The second-order valence-electron chi connectivity index (χ2n) is 5.73. The molecule has 1 unspecified atom stereocenters. The van der Waals surface area contributed by atoms with Crippen molar-refractivity contribution in [2.24, 2.45) is 0 Å². The molecule has 0 aromatic carbocycles. The van der Waals surface area contributed by atoms with Gasteiger partial charge in [0, 0.05) is 22.0 Å². The van der Waals surface area contributed by atoms with Crippen molar-refractivity contribution in [3.05, 3.63) is 39.0 Å². The zero-order valence-corrected chi connectivity index (χ0v) is 13.5. The maximum absolute atomic E-state index is 12.2. The molecular weight excluding hydrogens is 334 g/mol. The van der Waals surface area contributed by atoms with E-state index in [2.05, 4.69) is 5.10 Å². The van der Waals surface area contributed by atoms with Gasteiger partial charge in [0.05, 0.1) is 11.3 Å². The van der Waals surface area contributed by atoms with Gasteiger partial charge in [-0.3, -0.25) is 9.69 Å². The second-order valence-corrected chi connectivity index (χ2v) is 7.75. The van der Waals surface area contributed by atoms with Crippen molar-refractivity contribution in [2.75, 3.05) is 0 Å². The van der Waals surface area contributed by atoms with Crippen LogP contribution in [-0.4, -0.2) is 36.9 Å². The van der Waals surface area contributed by atoms with Crippen LogP contribution in [0, 0.1) is 0 Å². The highest BCUT2D eigenvalue weighted by Crippen LogP contribution is 2.45. The van der Waals surface area contributed by atoms with Crippen LogP contribution in [0.25, 0.3) is 10.9 Å². The molecule has 0 bridgehead atoms. The van der Waals surface area contributed by atoms with Crippen LogP contribution in [0.3, 0.4) is 0 Å². The first-order valence-corrected chi connectivity index (χ1v) is 9.03. The van der Waals surface area contributed by atoms with E-state index in [1.165, 1.54) is 27.9 Å². The molecule has 0 saturated carbocycles. The number of aliphatic carboxylic acids is 1. The van der Waals surface area contributed by atoms with E-state index in [1.54, 1.807) is 16.7 Å². The van der Waals surface area contributed by atoms with Gasteiger partial charge in [0.2, 0.25) is 0 Å². The Labute approximate surface area is 139 Å². The number of rotatable bonds is 2. The van der Waals surface area contributed by atoms with E-state index in [9.17, 15) is 9.59 Å². The predicted octanol–water partition coefficient (Wildman–Crippen LogP) is 2.11. The van der Waals surface area contributed by atoms with E-state index >= 15 is 0 Å². The van der Waals surface area contributed by atoms with Crippen molar-refractivity contribution < 1.29 is 14.7 Å². The summed E-state index contributed by atoms with van der Waals surface area (Å²) in [6, 6.07) is 0. The van der Waals surface area contributed by atoms with Gasteiger partial charge in [-0.1, -0.05) is 0 Å². The number of thiazole rings is 1. The van der Waals surface area contributed by atoms with Gasteiger partial charge in [-0.15, -0.1) is 23.1 Å². The number of carboxylic acid groups (broad SMARTS) is 1. The lowest BCUT2D eigenvalue weighted by Gasteiger charge is -2.37. The molecule has 0 spiro atoms. The highest BCUT2D eigenvalue weighted by molar-refractivity contribution is 8.03. The average Bonchev–Trinajstić information content (AvgIpc) is 3.23. The average molecular weight is 345 g/mol. The highest BCUT2D eigenvalue weighted by atomic mass is 32.2. The summed E-state index contributed by atoms with van der Waals surface area (Å²) in [7, 11) is 0. The van der Waals surface area contributed by atoms with Crippen LogP contribution in [0.1, 0.15) is 22.6 Å². The molecule has 1 aliphatic carbocycles. The Kier molecular flexibility index (Phi) is 2.61. The lowest BCUT2D eigenvalue weighted by atomic mass is 10.0. The second kappa shape index (κ2) is 4.48. The first-order valence-electron chi connectivity index (χ1n) is 7.27. The van der Waals surface area contributed by atoms with E-state index in [4.69, 9.17) is 5.11 Å². The maximum atomic E-state index is 12.2. The third kappa shape index (κ3) is 1.73. The number of carbonyl (C=O) groups excluding carboxylic acids is 1. The van der Waals surface area contributed by atoms with E-state index in [-0.39, 0.29) is 17.0 Å². The normalized spacial score (nSPS) is 24.1. The van der Waals surface area contributed by atoms with Gasteiger partial charge >= 0.3 is 5.97 Å². The molecule has 2 aromatic rings. The predicted molar refractivity (Wildman–Crippen MR) is 87.0 cm³/mol. The number of amides is 1. The molecule has 1 N–H and O–H groups in total. The van der Waals surface area contributed by atoms with Gasteiger partial charge in [0.15, 0.2) is 0 Å². The maximum Gasteiger partial charge on any atom is 0.353 e. The van der Waals surface area contributed by atoms with E-state index in [0.717, 1.165) is 29.0 Å². The number of carboxylic acids is 1. The fourth-order valence-electron chi connectivity index (χ4n) is 3.32. The lowest BCUT2D eigenvalue weighted by molar-refractivity contribution is -0.141. The van der Waals surface area contributed by atoms with Crippen molar-refractivity contribution in [3.63, 3.8) is 0 Å².